The number of unbranched alkanes of at least 4 members (excludes halogenated alkanes) is 1. The van der Waals surface area contributed by atoms with Gasteiger partial charge in [0.25, 0.3) is 0 Å². The summed E-state index contributed by atoms with van der Waals surface area (Å²) in [5.74, 6) is 0.660. The first-order valence-electron chi connectivity index (χ1n) is 8.31. The standard InChI is InChI=1S/C21H26O/c1-4-5-6-18-11-12-20(14-21(18)13-16(2)3)19-9-7-17(15-22)8-10-19/h7-12,14-16H,4-6,13H2,1-3H3. The van der Waals surface area contributed by atoms with Crippen LogP contribution >= 0.6 is 0 Å². The average molecular weight is 294 g/mol. The van der Waals surface area contributed by atoms with Gasteiger partial charge >= 0.3 is 0 Å². The summed E-state index contributed by atoms with van der Waals surface area (Å²) in [6.45, 7) is 6.79. The van der Waals surface area contributed by atoms with E-state index < -0.39 is 0 Å². The Morgan fingerprint density at radius 1 is 0.955 bits per heavy atom. The van der Waals surface area contributed by atoms with Crippen molar-refractivity contribution < 1.29 is 4.79 Å². The minimum Gasteiger partial charge on any atom is -0.298 e. The van der Waals surface area contributed by atoms with Crippen LogP contribution in [0.4, 0.5) is 0 Å². The second kappa shape index (κ2) is 7.93. The fraction of sp³-hybridized carbons (Fsp3) is 0.381. The smallest absolute Gasteiger partial charge is 0.150 e. The molecule has 0 heterocycles. The predicted molar refractivity (Wildman–Crippen MR) is 94.4 cm³/mol. The number of hydrogen-bond donors (Lipinski definition) is 0. The molecule has 0 atom stereocenters. The molecule has 0 amide bonds. The lowest BCUT2D eigenvalue weighted by molar-refractivity contribution is 0.112. The van der Waals surface area contributed by atoms with Crippen molar-refractivity contribution in [3.05, 3.63) is 59.2 Å². The van der Waals surface area contributed by atoms with Gasteiger partial charge in [-0.15, -0.1) is 0 Å². The van der Waals surface area contributed by atoms with Gasteiger partial charge in [0.05, 0.1) is 0 Å². The highest BCUT2D eigenvalue weighted by Gasteiger charge is 2.07. The van der Waals surface area contributed by atoms with Crippen molar-refractivity contribution in [1.29, 1.82) is 0 Å². The molecule has 0 aliphatic carbocycles. The Labute approximate surface area is 134 Å². The van der Waals surface area contributed by atoms with Gasteiger partial charge in [-0.3, -0.25) is 4.79 Å². The predicted octanol–water partition coefficient (Wildman–Crippen LogP) is 5.71. The van der Waals surface area contributed by atoms with Crippen LogP contribution in [0.1, 0.15) is 55.1 Å². The summed E-state index contributed by atoms with van der Waals surface area (Å²) in [4.78, 5) is 10.8. The minimum atomic E-state index is 0.660. The monoisotopic (exact) mass is 294 g/mol. The van der Waals surface area contributed by atoms with Crippen LogP contribution in [-0.2, 0) is 12.8 Å². The average Bonchev–Trinajstić information content (AvgIpc) is 2.53. The van der Waals surface area contributed by atoms with Gasteiger partial charge in [0.1, 0.15) is 6.29 Å². The SMILES string of the molecule is CCCCc1ccc(-c2ccc(C=O)cc2)cc1CC(C)C. The molecule has 0 aromatic heterocycles. The van der Waals surface area contributed by atoms with Gasteiger partial charge in [-0.25, -0.2) is 0 Å². The van der Waals surface area contributed by atoms with Crippen molar-refractivity contribution in [2.45, 2.75) is 46.5 Å². The van der Waals surface area contributed by atoms with Gasteiger partial charge in [-0.1, -0.05) is 69.7 Å². The largest absolute Gasteiger partial charge is 0.298 e. The first-order valence-corrected chi connectivity index (χ1v) is 8.31. The molecule has 1 nitrogen and oxygen atoms in total. The van der Waals surface area contributed by atoms with Gasteiger partial charge < -0.3 is 0 Å². The van der Waals surface area contributed by atoms with Gasteiger partial charge in [-0.2, -0.15) is 0 Å². The molecule has 0 aliphatic heterocycles. The summed E-state index contributed by atoms with van der Waals surface area (Å²) < 4.78 is 0. The normalized spacial score (nSPS) is 10.9. The third-order valence-corrected chi connectivity index (χ3v) is 4.01. The number of rotatable bonds is 7. The molecule has 2 aromatic carbocycles. The molecule has 0 unspecified atom stereocenters. The highest BCUT2D eigenvalue weighted by molar-refractivity contribution is 5.77. The van der Waals surface area contributed by atoms with Crippen molar-refractivity contribution in [2.24, 2.45) is 5.92 Å². The number of benzene rings is 2. The van der Waals surface area contributed by atoms with Crippen molar-refractivity contribution >= 4 is 6.29 Å². The molecule has 0 saturated heterocycles. The third-order valence-electron chi connectivity index (χ3n) is 4.01. The molecule has 0 N–H and O–H groups in total. The Kier molecular flexibility index (Phi) is 5.94. The molecule has 0 aliphatic rings. The van der Waals surface area contributed by atoms with Gasteiger partial charge in [0, 0.05) is 5.56 Å². The molecule has 2 rings (SSSR count). The Balaban J connectivity index is 2.33. The van der Waals surface area contributed by atoms with Crippen molar-refractivity contribution in [3.63, 3.8) is 0 Å². The maximum atomic E-state index is 10.8. The molecule has 0 spiro atoms. The third kappa shape index (κ3) is 4.30. The van der Waals surface area contributed by atoms with Crippen LogP contribution in [0.2, 0.25) is 0 Å². The zero-order chi connectivity index (χ0) is 15.9. The van der Waals surface area contributed by atoms with E-state index >= 15 is 0 Å². The lowest BCUT2D eigenvalue weighted by Gasteiger charge is -2.14. The molecule has 2 aromatic rings. The van der Waals surface area contributed by atoms with E-state index in [-0.39, 0.29) is 0 Å². The molecular formula is C21H26O. The van der Waals surface area contributed by atoms with Crippen LogP contribution in [0.25, 0.3) is 11.1 Å². The van der Waals surface area contributed by atoms with E-state index in [2.05, 4.69) is 39.0 Å². The zero-order valence-electron chi connectivity index (χ0n) is 13.9. The number of aldehydes is 1. The van der Waals surface area contributed by atoms with Crippen LogP contribution in [0, 0.1) is 5.92 Å². The topological polar surface area (TPSA) is 17.1 Å². The van der Waals surface area contributed by atoms with Gasteiger partial charge in [-0.05, 0) is 47.4 Å². The van der Waals surface area contributed by atoms with Crippen LogP contribution in [0.3, 0.4) is 0 Å². The zero-order valence-corrected chi connectivity index (χ0v) is 13.9. The lowest BCUT2D eigenvalue weighted by atomic mass is 9.91. The van der Waals surface area contributed by atoms with Crippen LogP contribution in [0.5, 0.6) is 0 Å². The van der Waals surface area contributed by atoms with Crippen molar-refractivity contribution in [2.75, 3.05) is 0 Å². The molecule has 0 fully saturated rings. The van der Waals surface area contributed by atoms with E-state index in [0.29, 0.717) is 5.92 Å². The minimum absolute atomic E-state index is 0.660. The Hall–Kier alpha value is -1.89. The first-order chi connectivity index (χ1) is 10.6. The van der Waals surface area contributed by atoms with Crippen LogP contribution in [0.15, 0.2) is 42.5 Å². The molecule has 1 heteroatoms. The number of aryl methyl sites for hydroxylation is 1. The van der Waals surface area contributed by atoms with Crippen molar-refractivity contribution in [1.82, 2.24) is 0 Å². The summed E-state index contributed by atoms with van der Waals surface area (Å²) in [7, 11) is 0. The highest BCUT2D eigenvalue weighted by atomic mass is 16.1. The summed E-state index contributed by atoms with van der Waals surface area (Å²) in [6.07, 6.45) is 5.67. The second-order valence-corrected chi connectivity index (χ2v) is 6.42. The Morgan fingerprint density at radius 2 is 1.64 bits per heavy atom. The molecule has 0 radical (unpaired) electrons. The Bertz CT molecular complexity index is 608. The molecule has 0 saturated carbocycles. The van der Waals surface area contributed by atoms with E-state index in [4.69, 9.17) is 0 Å². The number of carbonyl (C=O) groups is 1. The first kappa shape index (κ1) is 16.5. The number of carbonyl (C=O) groups excluding carboxylic acids is 1. The van der Waals surface area contributed by atoms with Crippen molar-refractivity contribution in [3.8, 4) is 11.1 Å². The summed E-state index contributed by atoms with van der Waals surface area (Å²) >= 11 is 0. The molecule has 0 bridgehead atoms. The maximum absolute atomic E-state index is 10.8. The number of hydrogen-bond acceptors (Lipinski definition) is 1. The summed E-state index contributed by atoms with van der Waals surface area (Å²) in [6, 6.07) is 14.7. The second-order valence-electron chi connectivity index (χ2n) is 6.42. The lowest BCUT2D eigenvalue weighted by Crippen LogP contribution is -2.00. The molecule has 22 heavy (non-hydrogen) atoms. The van der Waals surface area contributed by atoms with Gasteiger partial charge in [0.15, 0.2) is 0 Å². The summed E-state index contributed by atoms with van der Waals surface area (Å²) in [5, 5.41) is 0. The van der Waals surface area contributed by atoms with E-state index in [1.54, 1.807) is 0 Å². The van der Waals surface area contributed by atoms with E-state index in [9.17, 15) is 4.79 Å². The fourth-order valence-corrected chi connectivity index (χ4v) is 2.80. The highest BCUT2D eigenvalue weighted by Crippen LogP contribution is 2.25. The fourth-order valence-electron chi connectivity index (χ4n) is 2.80. The van der Waals surface area contributed by atoms with Crippen LogP contribution < -0.4 is 0 Å². The van der Waals surface area contributed by atoms with Gasteiger partial charge in [0.2, 0.25) is 0 Å². The maximum Gasteiger partial charge on any atom is 0.150 e. The quantitative estimate of drug-likeness (QED) is 0.598. The van der Waals surface area contributed by atoms with E-state index in [1.165, 1.54) is 41.5 Å². The molecular weight excluding hydrogens is 268 g/mol. The van der Waals surface area contributed by atoms with Crippen LogP contribution in [-0.4, -0.2) is 6.29 Å². The van der Waals surface area contributed by atoms with E-state index in [0.717, 1.165) is 18.3 Å². The Morgan fingerprint density at radius 3 is 2.23 bits per heavy atom. The molecule has 116 valence electrons. The van der Waals surface area contributed by atoms with E-state index in [1.807, 2.05) is 24.3 Å². The summed E-state index contributed by atoms with van der Waals surface area (Å²) in [5.41, 5.74) is 6.11.